The highest BCUT2D eigenvalue weighted by molar-refractivity contribution is 6.05. The lowest BCUT2D eigenvalue weighted by Gasteiger charge is -2.28. The summed E-state index contributed by atoms with van der Waals surface area (Å²) in [5.74, 6) is -3.44. The van der Waals surface area contributed by atoms with Gasteiger partial charge in [0.1, 0.15) is 6.61 Å². The number of fused-ring (bicyclic) bond motifs is 3. The van der Waals surface area contributed by atoms with Gasteiger partial charge < -0.3 is 19.9 Å². The number of esters is 1. The van der Waals surface area contributed by atoms with Crippen molar-refractivity contribution in [2.45, 2.75) is 37.4 Å². The Morgan fingerprint density at radius 1 is 0.929 bits per heavy atom. The van der Waals surface area contributed by atoms with Crippen molar-refractivity contribution in [2.24, 2.45) is 0 Å². The quantitative estimate of drug-likeness (QED) is 0.249. The van der Waals surface area contributed by atoms with Crippen LogP contribution in [-0.4, -0.2) is 71.8 Å². The van der Waals surface area contributed by atoms with Gasteiger partial charge in [-0.05, 0) is 41.2 Å². The van der Waals surface area contributed by atoms with E-state index in [2.05, 4.69) is 10.6 Å². The monoisotopic (exact) mass is 571 g/mol. The number of nitrogens with one attached hydrogen (secondary N) is 2. The molecule has 2 amide bonds. The highest BCUT2D eigenvalue weighted by Crippen LogP contribution is 2.44. The van der Waals surface area contributed by atoms with E-state index in [0.717, 1.165) is 27.8 Å². The summed E-state index contributed by atoms with van der Waals surface area (Å²) < 4.78 is 10.5. The average Bonchev–Trinajstić information content (AvgIpc) is 3.54. The molecule has 3 aromatic rings. The van der Waals surface area contributed by atoms with Crippen LogP contribution in [0.2, 0.25) is 0 Å². The summed E-state index contributed by atoms with van der Waals surface area (Å²) in [5, 5.41) is 14.9. The van der Waals surface area contributed by atoms with E-state index in [1.165, 1.54) is 0 Å². The number of rotatable bonds is 10. The summed E-state index contributed by atoms with van der Waals surface area (Å²) in [6.07, 6.45) is -0.868. The molecule has 0 aromatic heterocycles. The third kappa shape index (κ3) is 5.99. The van der Waals surface area contributed by atoms with E-state index >= 15 is 0 Å². The molecule has 3 aromatic carbocycles. The third-order valence-electron chi connectivity index (χ3n) is 7.76. The maximum Gasteiger partial charge on any atom is 0.408 e. The predicted octanol–water partition coefficient (Wildman–Crippen LogP) is 3.30. The number of carboxylic acids is 1. The molecule has 1 saturated heterocycles. The average molecular weight is 572 g/mol. The van der Waals surface area contributed by atoms with Crippen molar-refractivity contribution in [3.05, 3.63) is 95.6 Å². The van der Waals surface area contributed by atoms with Crippen molar-refractivity contribution >= 4 is 23.9 Å². The molecule has 1 heterocycles. The number of carbonyl (C=O) groups excluding carboxylic acids is 3. The standard InChI is InChI=1S/C32H33N3O7/c1-2-41-29(37)27(28(36)34-32(30(38)39)16-17-35(20-32)18-21-10-4-3-5-11-21)33-31(40)42-19-26-24-14-8-6-12-22(24)23-13-7-9-15-25(23)26/h3-15,26-27H,2,16-20H2,1H3,(H,33,40)(H,34,36)(H,38,39). The second-order valence-corrected chi connectivity index (χ2v) is 10.5. The summed E-state index contributed by atoms with van der Waals surface area (Å²) in [4.78, 5) is 53.3. The van der Waals surface area contributed by atoms with E-state index in [0.29, 0.717) is 13.1 Å². The first-order chi connectivity index (χ1) is 20.3. The van der Waals surface area contributed by atoms with Gasteiger partial charge in [0.15, 0.2) is 5.54 Å². The molecule has 2 aliphatic rings. The number of hydrogen-bond acceptors (Lipinski definition) is 7. The molecule has 10 heteroatoms. The van der Waals surface area contributed by atoms with Crippen molar-refractivity contribution < 1.29 is 33.8 Å². The summed E-state index contributed by atoms with van der Waals surface area (Å²) in [6, 6.07) is 23.5. The Hall–Kier alpha value is -4.70. The van der Waals surface area contributed by atoms with Crippen LogP contribution >= 0.6 is 0 Å². The highest BCUT2D eigenvalue weighted by Gasteiger charge is 2.48. The normalized spacial score (nSPS) is 18.4. The molecule has 3 N–H and O–H groups in total. The molecule has 1 aliphatic heterocycles. The van der Waals surface area contributed by atoms with Gasteiger partial charge in [-0.2, -0.15) is 0 Å². The van der Waals surface area contributed by atoms with Crippen LogP contribution in [0, 0.1) is 0 Å². The number of alkyl carbamates (subject to hydrolysis) is 1. The zero-order chi connectivity index (χ0) is 29.7. The molecule has 0 radical (unpaired) electrons. The number of aliphatic carboxylic acids is 1. The Labute approximate surface area is 243 Å². The highest BCUT2D eigenvalue weighted by atomic mass is 16.6. The number of carboxylic acid groups (broad SMARTS) is 1. The summed E-state index contributed by atoms with van der Waals surface area (Å²) in [5.41, 5.74) is 3.50. The van der Waals surface area contributed by atoms with Crippen LogP contribution in [0.15, 0.2) is 78.9 Å². The van der Waals surface area contributed by atoms with E-state index in [1.807, 2.05) is 83.8 Å². The fourth-order valence-electron chi connectivity index (χ4n) is 5.72. The Morgan fingerprint density at radius 2 is 1.55 bits per heavy atom. The molecular formula is C32H33N3O7. The minimum absolute atomic E-state index is 0.0233. The Balaban J connectivity index is 1.26. The minimum Gasteiger partial charge on any atom is -0.479 e. The molecule has 218 valence electrons. The van der Waals surface area contributed by atoms with Gasteiger partial charge in [-0.3, -0.25) is 15.0 Å². The number of likely N-dealkylation sites (tertiary alicyclic amines) is 1. The van der Waals surface area contributed by atoms with Crippen molar-refractivity contribution in [3.8, 4) is 11.1 Å². The van der Waals surface area contributed by atoms with Gasteiger partial charge in [0.05, 0.1) is 6.61 Å². The fraction of sp³-hybridized carbons (Fsp3) is 0.312. The summed E-state index contributed by atoms with van der Waals surface area (Å²) in [6.45, 7) is 2.46. The van der Waals surface area contributed by atoms with Gasteiger partial charge in [0.25, 0.3) is 5.91 Å². The van der Waals surface area contributed by atoms with Crippen molar-refractivity contribution in [1.29, 1.82) is 0 Å². The molecule has 0 bridgehead atoms. The van der Waals surface area contributed by atoms with Gasteiger partial charge >= 0.3 is 18.0 Å². The van der Waals surface area contributed by atoms with Gasteiger partial charge in [0, 0.05) is 25.6 Å². The summed E-state index contributed by atoms with van der Waals surface area (Å²) in [7, 11) is 0. The SMILES string of the molecule is CCOC(=O)C(NC(=O)OCC1c2ccccc2-c2ccccc21)C(=O)NC1(C(=O)O)CCN(Cc2ccccc2)C1. The molecular weight excluding hydrogens is 538 g/mol. The molecule has 1 aliphatic carbocycles. The number of nitrogens with zero attached hydrogens (tertiary/aromatic N) is 1. The maximum atomic E-state index is 13.3. The van der Waals surface area contributed by atoms with E-state index in [9.17, 15) is 24.3 Å². The first kappa shape index (κ1) is 28.8. The second-order valence-electron chi connectivity index (χ2n) is 10.5. The van der Waals surface area contributed by atoms with Gasteiger partial charge in [-0.1, -0.05) is 78.9 Å². The second kappa shape index (κ2) is 12.4. The molecule has 1 fully saturated rings. The fourth-order valence-corrected chi connectivity index (χ4v) is 5.72. The van der Waals surface area contributed by atoms with Gasteiger partial charge in [-0.15, -0.1) is 0 Å². The van der Waals surface area contributed by atoms with Crippen molar-refractivity contribution in [2.75, 3.05) is 26.3 Å². The predicted molar refractivity (Wildman–Crippen MR) is 153 cm³/mol. The lowest BCUT2D eigenvalue weighted by molar-refractivity contribution is -0.153. The lowest BCUT2D eigenvalue weighted by Crippen LogP contribution is -2.62. The third-order valence-corrected chi connectivity index (χ3v) is 7.76. The molecule has 2 unspecified atom stereocenters. The van der Waals surface area contributed by atoms with E-state index in [-0.39, 0.29) is 32.1 Å². The van der Waals surface area contributed by atoms with Crippen LogP contribution in [-0.2, 0) is 30.4 Å². The first-order valence-corrected chi connectivity index (χ1v) is 13.9. The largest absolute Gasteiger partial charge is 0.479 e. The van der Waals surface area contributed by atoms with E-state index in [4.69, 9.17) is 9.47 Å². The van der Waals surface area contributed by atoms with Crippen molar-refractivity contribution in [3.63, 3.8) is 0 Å². The lowest BCUT2D eigenvalue weighted by atomic mass is 9.98. The van der Waals surface area contributed by atoms with Crippen molar-refractivity contribution in [1.82, 2.24) is 15.5 Å². The number of amides is 2. The number of hydrogen-bond donors (Lipinski definition) is 3. The zero-order valence-electron chi connectivity index (χ0n) is 23.2. The maximum absolute atomic E-state index is 13.3. The van der Waals surface area contributed by atoms with Crippen LogP contribution in [0.4, 0.5) is 4.79 Å². The smallest absolute Gasteiger partial charge is 0.408 e. The zero-order valence-corrected chi connectivity index (χ0v) is 23.2. The number of ether oxygens (including phenoxy) is 2. The molecule has 5 rings (SSSR count). The number of carbonyl (C=O) groups is 4. The first-order valence-electron chi connectivity index (χ1n) is 13.9. The Kier molecular flexibility index (Phi) is 8.53. The molecule has 2 atom stereocenters. The molecule has 10 nitrogen and oxygen atoms in total. The Bertz CT molecular complexity index is 1430. The van der Waals surface area contributed by atoms with Gasteiger partial charge in [0.2, 0.25) is 6.04 Å². The van der Waals surface area contributed by atoms with E-state index < -0.39 is 35.5 Å². The van der Waals surface area contributed by atoms with Crippen LogP contribution in [0.25, 0.3) is 11.1 Å². The van der Waals surface area contributed by atoms with Crippen LogP contribution < -0.4 is 10.6 Å². The number of benzene rings is 3. The Morgan fingerprint density at radius 3 is 2.17 bits per heavy atom. The van der Waals surface area contributed by atoms with Crippen LogP contribution in [0.3, 0.4) is 0 Å². The van der Waals surface area contributed by atoms with Crippen LogP contribution in [0.5, 0.6) is 0 Å². The molecule has 0 saturated carbocycles. The molecule has 42 heavy (non-hydrogen) atoms. The minimum atomic E-state index is -1.79. The topological polar surface area (TPSA) is 134 Å². The van der Waals surface area contributed by atoms with E-state index in [1.54, 1.807) is 6.92 Å². The van der Waals surface area contributed by atoms with Gasteiger partial charge in [-0.25, -0.2) is 14.4 Å². The molecule has 0 spiro atoms. The van der Waals surface area contributed by atoms with Crippen LogP contribution in [0.1, 0.15) is 36.0 Å². The summed E-state index contributed by atoms with van der Waals surface area (Å²) >= 11 is 0.